The molecule has 0 amide bonds. The fraction of sp³-hybridized carbons (Fsp3) is 0. The molecule has 20 rings (SSSR count). The molecule has 0 radical (unpaired) electrons. The highest BCUT2D eigenvalue weighted by molar-refractivity contribution is 6.16. The highest BCUT2D eigenvalue weighted by Gasteiger charge is 2.20. The van der Waals surface area contributed by atoms with Crippen molar-refractivity contribution in [3.8, 4) is 135 Å². The molecule has 0 aliphatic heterocycles. The van der Waals surface area contributed by atoms with Gasteiger partial charge in [0.2, 0.25) is 0 Å². The van der Waals surface area contributed by atoms with Crippen LogP contribution in [0.3, 0.4) is 0 Å². The van der Waals surface area contributed by atoms with Gasteiger partial charge < -0.3 is 0 Å². The molecule has 0 saturated carbocycles. The molecule has 0 atom stereocenters. The number of benzene rings is 16. The van der Waals surface area contributed by atoms with Crippen molar-refractivity contribution in [2.45, 2.75) is 0 Å². The van der Waals surface area contributed by atoms with Gasteiger partial charge in [-0.05, 0) is 131 Å². The first kappa shape index (κ1) is 64.3. The molecule has 4 aromatic heterocycles. The van der Waals surface area contributed by atoms with Crippen molar-refractivity contribution in [1.29, 1.82) is 0 Å². The maximum absolute atomic E-state index is 5.30. The molecule has 20 aromatic rings. The summed E-state index contributed by atoms with van der Waals surface area (Å²) in [6.07, 6.45) is 0. The molecule has 0 bridgehead atoms. The lowest BCUT2D eigenvalue weighted by Crippen LogP contribution is -2.00. The van der Waals surface area contributed by atoms with Crippen LogP contribution in [0.1, 0.15) is 0 Å². The van der Waals surface area contributed by atoms with E-state index < -0.39 is 0 Å². The van der Waals surface area contributed by atoms with Crippen molar-refractivity contribution >= 4 is 64.9 Å². The largest absolute Gasteiger partial charge is 0.247 e. The minimum atomic E-state index is 0.623. The van der Waals surface area contributed by atoms with Crippen LogP contribution < -0.4 is 0 Å². The van der Waals surface area contributed by atoms with Crippen LogP contribution in [-0.2, 0) is 0 Å². The molecule has 4 heterocycles. The lowest BCUT2D eigenvalue weighted by atomic mass is 9.95. The molecule has 0 aliphatic carbocycles. The first-order valence-corrected chi connectivity index (χ1v) is 36.3. The Kier molecular flexibility index (Phi) is 16.8. The Bertz CT molecular complexity index is 6770. The van der Waals surface area contributed by atoms with Gasteiger partial charge in [0, 0.05) is 66.1 Å². The number of pyridine rings is 2. The Morgan fingerprint density at radius 2 is 0.389 bits per heavy atom. The monoisotopic (exact) mass is 1380 g/mol. The molecule has 8 heteroatoms. The minimum Gasteiger partial charge on any atom is -0.247 e. The first-order chi connectivity index (χ1) is 53.5. The van der Waals surface area contributed by atoms with Crippen LogP contribution >= 0.6 is 0 Å². The van der Waals surface area contributed by atoms with Crippen molar-refractivity contribution in [3.63, 3.8) is 0 Å². The fourth-order valence-electron chi connectivity index (χ4n) is 14.7. The summed E-state index contributed by atoms with van der Waals surface area (Å²) in [7, 11) is 0. The molecule has 0 N–H and O–H groups in total. The minimum absolute atomic E-state index is 0.623. The fourth-order valence-corrected chi connectivity index (χ4v) is 14.7. The molecule has 0 unspecified atom stereocenters. The van der Waals surface area contributed by atoms with Gasteiger partial charge in [-0.1, -0.05) is 334 Å². The van der Waals surface area contributed by atoms with Crippen molar-refractivity contribution < 1.29 is 0 Å². The number of para-hydroxylation sites is 1. The number of rotatable bonds is 12. The third-order valence-corrected chi connectivity index (χ3v) is 20.2. The van der Waals surface area contributed by atoms with E-state index in [-0.39, 0.29) is 0 Å². The molecule has 0 aliphatic rings. The Balaban J connectivity index is 0.000000147. The SMILES string of the molecule is c1ccc(-c2ccc(-c3nc(-c4ccccc4)nc(-c4cccc(-c5cccc(-c6nc7cc8ccccc8cc7c7ccccc67)c5)c4)n3)cc2)cc1.c1ccc(-c2ccc(-c3nc(-c4ccccc4)nc(-c4cccc(-c5cccc(-c6nc7ccccc7c7cc8ccccc8cc67)c5)c4)n3)cc2)cc1. The van der Waals surface area contributed by atoms with E-state index in [1.807, 2.05) is 72.8 Å². The Morgan fingerprint density at radius 3 is 0.833 bits per heavy atom. The van der Waals surface area contributed by atoms with Gasteiger partial charge >= 0.3 is 0 Å². The molecule has 8 nitrogen and oxygen atoms in total. The van der Waals surface area contributed by atoms with E-state index in [1.54, 1.807) is 0 Å². The van der Waals surface area contributed by atoms with Crippen LogP contribution in [0.25, 0.3) is 200 Å². The smallest absolute Gasteiger partial charge is 0.164 e. The number of hydrogen-bond acceptors (Lipinski definition) is 8. The van der Waals surface area contributed by atoms with Crippen LogP contribution in [0.2, 0.25) is 0 Å². The normalized spacial score (nSPS) is 11.3. The van der Waals surface area contributed by atoms with Gasteiger partial charge in [-0.2, -0.15) is 0 Å². The molecule has 0 spiro atoms. The second-order valence-electron chi connectivity index (χ2n) is 27.0. The maximum Gasteiger partial charge on any atom is 0.164 e. The molecular formula is C100H64N8. The Hall–Kier alpha value is -14.6. The molecule has 108 heavy (non-hydrogen) atoms. The van der Waals surface area contributed by atoms with E-state index in [2.05, 4.69) is 315 Å². The van der Waals surface area contributed by atoms with Crippen LogP contribution in [0.15, 0.2) is 388 Å². The Labute approximate surface area is 624 Å². The van der Waals surface area contributed by atoms with Gasteiger partial charge in [-0.15, -0.1) is 0 Å². The highest BCUT2D eigenvalue weighted by Crippen LogP contribution is 2.41. The first-order valence-electron chi connectivity index (χ1n) is 36.3. The second kappa shape index (κ2) is 28.2. The number of hydrogen-bond donors (Lipinski definition) is 0. The van der Waals surface area contributed by atoms with E-state index in [4.69, 9.17) is 39.9 Å². The Morgan fingerprint density at radius 1 is 0.120 bits per heavy atom. The van der Waals surface area contributed by atoms with Gasteiger partial charge in [0.25, 0.3) is 0 Å². The standard InChI is InChI=1S/2C50H32N4/c1-3-13-33(14-4-1)34-25-27-36(28-26-34)49-52-48(35-15-5-2-6-16-35)53-50(54-49)42-22-12-20-38(30-42)37-19-11-21-41(29-37)47-45-32-40-18-8-7-17-39(40)31-44(45)43-23-9-10-24-46(43)51-47;1-3-13-33(14-4-1)34-25-27-36(28-26-34)49-52-48(35-15-5-2-6-16-35)53-50(54-49)42-22-12-20-38(30-42)37-19-11-21-41(29-37)47-44-24-10-9-23-43(44)45-31-39-17-7-8-18-40(39)32-46(45)51-47/h2*1-32H. The average Bonchev–Trinajstić information content (AvgIpc) is 0.754. The zero-order valence-corrected chi connectivity index (χ0v) is 58.5. The van der Waals surface area contributed by atoms with Gasteiger partial charge in [0.1, 0.15) is 0 Å². The van der Waals surface area contributed by atoms with Crippen LogP contribution in [0.5, 0.6) is 0 Å². The summed E-state index contributed by atoms with van der Waals surface area (Å²) in [6, 6.07) is 135. The average molecular weight is 1380 g/mol. The van der Waals surface area contributed by atoms with Gasteiger partial charge in [-0.25, -0.2) is 39.9 Å². The zero-order valence-electron chi connectivity index (χ0n) is 58.5. The van der Waals surface area contributed by atoms with E-state index >= 15 is 0 Å². The molecule has 0 fully saturated rings. The molecule has 16 aromatic carbocycles. The van der Waals surface area contributed by atoms with E-state index in [1.165, 1.54) is 43.4 Å². The topological polar surface area (TPSA) is 103 Å². The summed E-state index contributed by atoms with van der Waals surface area (Å²) in [6.45, 7) is 0. The number of nitrogens with zero attached hydrogens (tertiary/aromatic N) is 8. The summed E-state index contributed by atoms with van der Waals surface area (Å²) in [5.41, 5.74) is 20.6. The van der Waals surface area contributed by atoms with E-state index in [0.29, 0.717) is 34.9 Å². The third-order valence-electron chi connectivity index (χ3n) is 20.2. The number of fused-ring (bicyclic) bond motifs is 8. The van der Waals surface area contributed by atoms with Gasteiger partial charge in [0.05, 0.1) is 22.4 Å². The lowest BCUT2D eigenvalue weighted by Gasteiger charge is -2.13. The van der Waals surface area contributed by atoms with Crippen LogP contribution in [0.4, 0.5) is 0 Å². The van der Waals surface area contributed by atoms with Gasteiger partial charge in [0.15, 0.2) is 34.9 Å². The predicted octanol–water partition coefficient (Wildman–Crippen LogP) is 25.5. The summed E-state index contributed by atoms with van der Waals surface area (Å²) >= 11 is 0. The highest BCUT2D eigenvalue weighted by atomic mass is 15.0. The van der Waals surface area contributed by atoms with Crippen LogP contribution in [-0.4, -0.2) is 39.9 Å². The lowest BCUT2D eigenvalue weighted by molar-refractivity contribution is 1.07. The second-order valence-corrected chi connectivity index (χ2v) is 27.0. The molecule has 504 valence electrons. The van der Waals surface area contributed by atoms with Crippen molar-refractivity contribution in [3.05, 3.63) is 388 Å². The van der Waals surface area contributed by atoms with E-state index in [9.17, 15) is 0 Å². The summed E-state index contributed by atoms with van der Waals surface area (Å²) in [4.78, 5) is 40.6. The summed E-state index contributed by atoms with van der Waals surface area (Å²) < 4.78 is 0. The van der Waals surface area contributed by atoms with Crippen molar-refractivity contribution in [2.75, 3.05) is 0 Å². The summed E-state index contributed by atoms with van der Waals surface area (Å²) in [5, 5.41) is 11.8. The molecular weight excluding hydrogens is 1310 g/mol. The summed E-state index contributed by atoms with van der Waals surface area (Å²) in [5.74, 6) is 3.78. The van der Waals surface area contributed by atoms with Gasteiger partial charge in [-0.3, -0.25) is 0 Å². The zero-order chi connectivity index (χ0) is 71.7. The van der Waals surface area contributed by atoms with E-state index in [0.717, 1.165) is 122 Å². The van der Waals surface area contributed by atoms with Crippen LogP contribution in [0, 0.1) is 0 Å². The maximum atomic E-state index is 5.30. The molecule has 0 saturated heterocycles. The number of aromatic nitrogens is 8. The quantitative estimate of drug-likeness (QED) is 0.0880. The predicted molar refractivity (Wildman–Crippen MR) is 446 cm³/mol. The van der Waals surface area contributed by atoms with Crippen molar-refractivity contribution in [1.82, 2.24) is 39.9 Å². The van der Waals surface area contributed by atoms with Crippen molar-refractivity contribution in [2.24, 2.45) is 0 Å². The third kappa shape index (κ3) is 12.8.